The van der Waals surface area contributed by atoms with Gasteiger partial charge in [-0.3, -0.25) is 4.98 Å². The molecule has 0 radical (unpaired) electrons. The maximum Gasteiger partial charge on any atom is 0.446 e. The van der Waals surface area contributed by atoms with Crippen molar-refractivity contribution in [1.82, 2.24) is 4.98 Å². The summed E-state index contributed by atoms with van der Waals surface area (Å²) in [6.45, 7) is 0. The standard InChI is InChI=1S/C15H13F3N2S/c16-15(17,18)21-12-6-4-11(5-7-12)20-13-8-3-10-2-1-9-19-14(10)13/h1-2,4-7,9,13,20H,3,8H2. The lowest BCUT2D eigenvalue weighted by molar-refractivity contribution is -0.0328. The Morgan fingerprint density at radius 1 is 1.14 bits per heavy atom. The minimum atomic E-state index is -4.25. The van der Waals surface area contributed by atoms with Crippen LogP contribution in [0.1, 0.15) is 23.7 Å². The molecule has 110 valence electrons. The minimum absolute atomic E-state index is 0.0994. The summed E-state index contributed by atoms with van der Waals surface area (Å²) in [4.78, 5) is 4.58. The summed E-state index contributed by atoms with van der Waals surface area (Å²) in [5.74, 6) is 0. The third kappa shape index (κ3) is 3.50. The van der Waals surface area contributed by atoms with Gasteiger partial charge in [0.05, 0.1) is 11.7 Å². The molecule has 21 heavy (non-hydrogen) atoms. The molecule has 3 rings (SSSR count). The number of aryl methyl sites for hydroxylation is 1. The highest BCUT2D eigenvalue weighted by Crippen LogP contribution is 2.37. The number of fused-ring (bicyclic) bond motifs is 1. The molecule has 0 aliphatic heterocycles. The number of nitrogens with one attached hydrogen (secondary N) is 1. The Morgan fingerprint density at radius 2 is 1.90 bits per heavy atom. The van der Waals surface area contributed by atoms with Crippen molar-refractivity contribution in [3.05, 3.63) is 53.9 Å². The summed E-state index contributed by atoms with van der Waals surface area (Å²) >= 11 is -0.0994. The Labute approximate surface area is 124 Å². The predicted octanol–water partition coefficient (Wildman–Crippen LogP) is 4.79. The fraction of sp³-hybridized carbons (Fsp3) is 0.267. The van der Waals surface area contributed by atoms with Gasteiger partial charge in [-0.2, -0.15) is 13.2 Å². The van der Waals surface area contributed by atoms with E-state index in [-0.39, 0.29) is 22.7 Å². The molecule has 1 unspecified atom stereocenters. The average Bonchev–Trinajstić information content (AvgIpc) is 2.83. The zero-order chi connectivity index (χ0) is 14.9. The van der Waals surface area contributed by atoms with Gasteiger partial charge in [-0.25, -0.2) is 0 Å². The van der Waals surface area contributed by atoms with Gasteiger partial charge in [0.1, 0.15) is 0 Å². The van der Waals surface area contributed by atoms with Crippen LogP contribution in [0.25, 0.3) is 0 Å². The maximum absolute atomic E-state index is 12.3. The van der Waals surface area contributed by atoms with E-state index in [2.05, 4.69) is 16.4 Å². The topological polar surface area (TPSA) is 24.9 Å². The first kappa shape index (κ1) is 14.3. The molecule has 1 aromatic heterocycles. The Hall–Kier alpha value is -1.69. The van der Waals surface area contributed by atoms with E-state index in [0.717, 1.165) is 24.2 Å². The lowest BCUT2D eigenvalue weighted by Gasteiger charge is -2.15. The van der Waals surface area contributed by atoms with Crippen LogP contribution in [0.15, 0.2) is 47.5 Å². The van der Waals surface area contributed by atoms with E-state index in [1.807, 2.05) is 6.07 Å². The number of hydrogen-bond acceptors (Lipinski definition) is 3. The number of rotatable bonds is 3. The first-order chi connectivity index (χ1) is 10.0. The molecule has 6 heteroatoms. The second-order valence-corrected chi connectivity index (χ2v) is 5.99. The van der Waals surface area contributed by atoms with Crippen molar-refractivity contribution in [2.24, 2.45) is 0 Å². The summed E-state index contributed by atoms with van der Waals surface area (Å²) in [7, 11) is 0. The van der Waals surface area contributed by atoms with E-state index in [4.69, 9.17) is 0 Å². The van der Waals surface area contributed by atoms with Gasteiger partial charge in [0, 0.05) is 16.8 Å². The first-order valence-corrected chi connectivity index (χ1v) is 7.39. The Bertz CT molecular complexity index is 626. The van der Waals surface area contributed by atoms with Gasteiger partial charge in [0.25, 0.3) is 0 Å². The van der Waals surface area contributed by atoms with Crippen LogP contribution in [0, 0.1) is 0 Å². The number of hydrogen-bond donors (Lipinski definition) is 1. The molecule has 1 heterocycles. The summed E-state index contributed by atoms with van der Waals surface area (Å²) in [5, 5.41) is 3.33. The van der Waals surface area contributed by atoms with E-state index in [1.54, 1.807) is 18.3 Å². The summed E-state index contributed by atoms with van der Waals surface area (Å²) in [6.07, 6.45) is 3.69. The molecule has 1 atom stereocenters. The van der Waals surface area contributed by atoms with Crippen LogP contribution >= 0.6 is 11.8 Å². The average molecular weight is 310 g/mol. The molecule has 0 spiro atoms. The molecule has 0 saturated heterocycles. The zero-order valence-electron chi connectivity index (χ0n) is 11.0. The van der Waals surface area contributed by atoms with Crippen LogP contribution in [-0.4, -0.2) is 10.5 Å². The van der Waals surface area contributed by atoms with Crippen LogP contribution in [0.4, 0.5) is 18.9 Å². The minimum Gasteiger partial charge on any atom is -0.377 e. The number of pyridine rings is 1. The van der Waals surface area contributed by atoms with Crippen LogP contribution in [0.3, 0.4) is 0 Å². The van der Waals surface area contributed by atoms with Crippen molar-refractivity contribution in [2.75, 3.05) is 5.32 Å². The van der Waals surface area contributed by atoms with Gasteiger partial charge in [-0.1, -0.05) is 6.07 Å². The molecule has 1 aromatic carbocycles. The number of alkyl halides is 3. The van der Waals surface area contributed by atoms with Crippen molar-refractivity contribution >= 4 is 17.4 Å². The molecule has 0 saturated carbocycles. The first-order valence-electron chi connectivity index (χ1n) is 6.57. The number of nitrogens with zero attached hydrogens (tertiary/aromatic N) is 1. The van der Waals surface area contributed by atoms with Crippen molar-refractivity contribution in [2.45, 2.75) is 29.3 Å². The number of thioether (sulfide) groups is 1. The third-order valence-corrected chi connectivity index (χ3v) is 4.13. The highest BCUT2D eigenvalue weighted by atomic mass is 32.2. The molecule has 2 aromatic rings. The van der Waals surface area contributed by atoms with E-state index in [9.17, 15) is 13.2 Å². The maximum atomic E-state index is 12.3. The van der Waals surface area contributed by atoms with Crippen molar-refractivity contribution < 1.29 is 13.2 Å². The summed E-state index contributed by atoms with van der Waals surface area (Å²) in [6, 6.07) is 10.4. The Morgan fingerprint density at radius 3 is 2.62 bits per heavy atom. The molecule has 1 aliphatic rings. The van der Waals surface area contributed by atoms with Crippen molar-refractivity contribution in [3.63, 3.8) is 0 Å². The van der Waals surface area contributed by atoms with Gasteiger partial charge < -0.3 is 5.32 Å². The lowest BCUT2D eigenvalue weighted by Crippen LogP contribution is -2.08. The summed E-state index contributed by atoms with van der Waals surface area (Å²) in [5.41, 5.74) is -1.17. The molecule has 0 fully saturated rings. The van der Waals surface area contributed by atoms with E-state index < -0.39 is 5.51 Å². The second kappa shape index (κ2) is 5.60. The monoisotopic (exact) mass is 310 g/mol. The highest BCUT2D eigenvalue weighted by Gasteiger charge is 2.29. The van der Waals surface area contributed by atoms with Gasteiger partial charge in [0.2, 0.25) is 0 Å². The molecule has 1 aliphatic carbocycles. The molecular formula is C15H13F3N2S. The normalized spacial score (nSPS) is 17.6. The van der Waals surface area contributed by atoms with Crippen LogP contribution in [-0.2, 0) is 6.42 Å². The summed E-state index contributed by atoms with van der Waals surface area (Å²) < 4.78 is 36.8. The zero-order valence-corrected chi connectivity index (χ0v) is 11.8. The fourth-order valence-corrected chi connectivity index (χ4v) is 3.05. The molecular weight excluding hydrogens is 297 g/mol. The molecule has 2 nitrogen and oxygen atoms in total. The number of aromatic nitrogens is 1. The van der Waals surface area contributed by atoms with Gasteiger partial charge in [-0.15, -0.1) is 0 Å². The van der Waals surface area contributed by atoms with E-state index in [1.165, 1.54) is 17.7 Å². The largest absolute Gasteiger partial charge is 0.446 e. The van der Waals surface area contributed by atoms with E-state index in [0.29, 0.717) is 0 Å². The number of benzene rings is 1. The van der Waals surface area contributed by atoms with Crippen LogP contribution < -0.4 is 5.32 Å². The molecule has 1 N–H and O–H groups in total. The molecule has 0 amide bonds. The van der Waals surface area contributed by atoms with E-state index >= 15 is 0 Å². The second-order valence-electron chi connectivity index (χ2n) is 4.86. The number of anilines is 1. The third-order valence-electron chi connectivity index (χ3n) is 3.39. The predicted molar refractivity (Wildman–Crippen MR) is 77.3 cm³/mol. The van der Waals surface area contributed by atoms with Crippen molar-refractivity contribution in [3.8, 4) is 0 Å². The molecule has 0 bridgehead atoms. The Kier molecular flexibility index (Phi) is 3.80. The van der Waals surface area contributed by atoms with Crippen LogP contribution in [0.2, 0.25) is 0 Å². The van der Waals surface area contributed by atoms with Gasteiger partial charge in [0.15, 0.2) is 0 Å². The lowest BCUT2D eigenvalue weighted by atomic mass is 10.2. The Balaban J connectivity index is 1.69. The van der Waals surface area contributed by atoms with Crippen LogP contribution in [0.5, 0.6) is 0 Å². The quantitative estimate of drug-likeness (QED) is 0.825. The number of halogens is 3. The van der Waals surface area contributed by atoms with Gasteiger partial charge in [-0.05, 0) is 60.5 Å². The SMILES string of the molecule is FC(F)(F)Sc1ccc(NC2CCc3cccnc32)cc1. The fourth-order valence-electron chi connectivity index (χ4n) is 2.51. The highest BCUT2D eigenvalue weighted by molar-refractivity contribution is 8.00. The van der Waals surface area contributed by atoms with Crippen molar-refractivity contribution in [1.29, 1.82) is 0 Å². The van der Waals surface area contributed by atoms with Gasteiger partial charge >= 0.3 is 5.51 Å². The smallest absolute Gasteiger partial charge is 0.377 e.